The third-order valence-electron chi connectivity index (χ3n) is 6.18. The van der Waals surface area contributed by atoms with Gasteiger partial charge in [0.15, 0.2) is 0 Å². The van der Waals surface area contributed by atoms with Crippen LogP contribution in [0, 0.1) is 0 Å². The molecule has 34 heavy (non-hydrogen) atoms. The number of benzene rings is 2. The van der Waals surface area contributed by atoms with E-state index < -0.39 is 0 Å². The second kappa shape index (κ2) is 10.4. The van der Waals surface area contributed by atoms with Crippen LogP contribution in [0.3, 0.4) is 0 Å². The predicted molar refractivity (Wildman–Crippen MR) is 128 cm³/mol. The van der Waals surface area contributed by atoms with Gasteiger partial charge in [0, 0.05) is 19.3 Å². The highest BCUT2D eigenvalue weighted by Gasteiger charge is 2.39. The second-order valence-corrected chi connectivity index (χ2v) is 8.88. The highest BCUT2D eigenvalue weighted by atomic mass is 35.5. The van der Waals surface area contributed by atoms with Crippen LogP contribution in [0.25, 0.3) is 0 Å². The van der Waals surface area contributed by atoms with Crippen molar-refractivity contribution in [2.75, 3.05) is 25.5 Å². The van der Waals surface area contributed by atoms with Crippen molar-refractivity contribution < 1.29 is 23.9 Å². The fourth-order valence-electron chi connectivity index (χ4n) is 4.43. The minimum Gasteiger partial charge on any atom is -0.490 e. The largest absolute Gasteiger partial charge is 0.490 e. The molecular formula is C25H28ClN3O5. The zero-order valence-electron chi connectivity index (χ0n) is 19.2. The quantitative estimate of drug-likeness (QED) is 0.675. The Kier molecular flexibility index (Phi) is 7.38. The fraction of sp³-hybridized carbons (Fsp3) is 0.400. The smallest absolute Gasteiger partial charge is 0.257 e. The summed E-state index contributed by atoms with van der Waals surface area (Å²) in [4.78, 5) is 39.6. The van der Waals surface area contributed by atoms with Gasteiger partial charge in [-0.1, -0.05) is 23.7 Å². The number of rotatable bonds is 5. The molecule has 0 saturated carbocycles. The maximum Gasteiger partial charge on any atom is 0.257 e. The molecule has 3 amide bonds. The number of nitrogens with zero attached hydrogens (tertiary/aromatic N) is 1. The van der Waals surface area contributed by atoms with E-state index in [2.05, 4.69) is 10.6 Å². The molecule has 1 saturated heterocycles. The molecule has 0 aliphatic carbocycles. The van der Waals surface area contributed by atoms with Crippen LogP contribution in [0.4, 0.5) is 5.69 Å². The van der Waals surface area contributed by atoms with Crippen LogP contribution >= 0.6 is 11.6 Å². The molecule has 2 aromatic rings. The minimum absolute atomic E-state index is 0.0427. The van der Waals surface area contributed by atoms with E-state index >= 15 is 0 Å². The Labute approximate surface area is 203 Å². The number of halogens is 1. The summed E-state index contributed by atoms with van der Waals surface area (Å²) in [5.41, 5.74) is 1.18. The number of anilines is 1. The Morgan fingerprint density at radius 3 is 2.74 bits per heavy atom. The number of hydrogen-bond donors (Lipinski definition) is 2. The maximum atomic E-state index is 13.3. The van der Waals surface area contributed by atoms with E-state index in [0.29, 0.717) is 53.4 Å². The van der Waals surface area contributed by atoms with Gasteiger partial charge >= 0.3 is 0 Å². The van der Waals surface area contributed by atoms with Crippen molar-refractivity contribution in [1.29, 1.82) is 0 Å². The van der Waals surface area contributed by atoms with Gasteiger partial charge in [-0.05, 0) is 50.1 Å². The molecule has 2 N–H and O–H groups in total. The van der Waals surface area contributed by atoms with Crippen molar-refractivity contribution >= 4 is 35.0 Å². The van der Waals surface area contributed by atoms with Crippen LogP contribution in [0.2, 0.25) is 5.02 Å². The SMILES string of the molecule is CCNC(=O)C[C@@H]1CC[C@H]2[C@@H](COc3ccc(NC(=O)c4ccccc4Cl)cc3C(=O)N2C)O1. The molecule has 1 fully saturated rings. The number of hydrogen-bond acceptors (Lipinski definition) is 5. The Balaban J connectivity index is 1.50. The molecule has 2 aliphatic rings. The molecule has 0 spiro atoms. The number of ether oxygens (including phenoxy) is 2. The molecule has 2 heterocycles. The number of carbonyl (C=O) groups is 3. The molecule has 180 valence electrons. The van der Waals surface area contributed by atoms with E-state index in [9.17, 15) is 14.4 Å². The van der Waals surface area contributed by atoms with Gasteiger partial charge < -0.3 is 25.0 Å². The number of fused-ring (bicyclic) bond motifs is 2. The van der Waals surface area contributed by atoms with Gasteiger partial charge in [-0.3, -0.25) is 14.4 Å². The van der Waals surface area contributed by atoms with E-state index in [4.69, 9.17) is 21.1 Å². The zero-order chi connectivity index (χ0) is 24.2. The number of carbonyl (C=O) groups excluding carboxylic acids is 3. The lowest BCUT2D eigenvalue weighted by Gasteiger charge is -2.42. The Morgan fingerprint density at radius 1 is 1.18 bits per heavy atom. The van der Waals surface area contributed by atoms with Crippen LogP contribution in [0.1, 0.15) is 46.9 Å². The molecule has 8 nitrogen and oxygen atoms in total. The van der Waals surface area contributed by atoms with E-state index in [1.807, 2.05) is 6.92 Å². The monoisotopic (exact) mass is 485 g/mol. The van der Waals surface area contributed by atoms with Crippen LogP contribution in [0.5, 0.6) is 5.75 Å². The maximum absolute atomic E-state index is 13.3. The van der Waals surface area contributed by atoms with Crippen LogP contribution < -0.4 is 15.4 Å². The summed E-state index contributed by atoms with van der Waals surface area (Å²) >= 11 is 6.13. The van der Waals surface area contributed by atoms with Crippen molar-refractivity contribution in [1.82, 2.24) is 10.2 Å². The Hall–Kier alpha value is -3.10. The molecule has 2 aromatic carbocycles. The van der Waals surface area contributed by atoms with Crippen molar-refractivity contribution in [2.24, 2.45) is 0 Å². The van der Waals surface area contributed by atoms with E-state index in [1.165, 1.54) is 0 Å². The minimum atomic E-state index is -0.364. The topological polar surface area (TPSA) is 97.0 Å². The molecule has 4 rings (SSSR count). The first-order chi connectivity index (χ1) is 16.4. The van der Waals surface area contributed by atoms with Crippen molar-refractivity contribution in [3.05, 3.63) is 58.6 Å². The normalized spacial score (nSPS) is 21.9. The van der Waals surface area contributed by atoms with Crippen LogP contribution in [-0.2, 0) is 9.53 Å². The second-order valence-electron chi connectivity index (χ2n) is 8.47. The lowest BCUT2D eigenvalue weighted by atomic mass is 9.94. The summed E-state index contributed by atoms with van der Waals surface area (Å²) in [5, 5.41) is 5.94. The molecule has 9 heteroatoms. The van der Waals surface area contributed by atoms with Gasteiger partial charge in [-0.25, -0.2) is 0 Å². The van der Waals surface area contributed by atoms with Crippen molar-refractivity contribution in [3.63, 3.8) is 0 Å². The zero-order valence-corrected chi connectivity index (χ0v) is 19.9. The lowest BCUT2D eigenvalue weighted by Crippen LogP contribution is -2.54. The van der Waals surface area contributed by atoms with Crippen LogP contribution in [-0.4, -0.2) is 61.1 Å². The Morgan fingerprint density at radius 2 is 1.97 bits per heavy atom. The van der Waals surface area contributed by atoms with Crippen LogP contribution in [0.15, 0.2) is 42.5 Å². The van der Waals surface area contributed by atoms with Gasteiger partial charge in [0.1, 0.15) is 18.5 Å². The van der Waals surface area contributed by atoms with Crippen molar-refractivity contribution in [2.45, 2.75) is 44.4 Å². The highest BCUT2D eigenvalue weighted by molar-refractivity contribution is 6.34. The number of amides is 3. The molecule has 0 bridgehead atoms. The summed E-state index contributed by atoms with van der Waals surface area (Å²) in [6.45, 7) is 2.71. The lowest BCUT2D eigenvalue weighted by molar-refractivity contribution is -0.133. The first-order valence-corrected chi connectivity index (χ1v) is 11.8. The molecule has 0 radical (unpaired) electrons. The summed E-state index contributed by atoms with van der Waals surface area (Å²) in [5.74, 6) is -0.208. The first kappa shape index (κ1) is 24.0. The first-order valence-electron chi connectivity index (χ1n) is 11.4. The highest BCUT2D eigenvalue weighted by Crippen LogP contribution is 2.32. The summed E-state index contributed by atoms with van der Waals surface area (Å²) in [6, 6.07) is 11.6. The third kappa shape index (κ3) is 5.18. The number of nitrogens with one attached hydrogen (secondary N) is 2. The molecule has 2 aliphatic heterocycles. The van der Waals surface area contributed by atoms with Gasteiger partial charge in [0.2, 0.25) is 5.91 Å². The van der Waals surface area contributed by atoms with E-state index in [0.717, 1.165) is 0 Å². The molecule has 3 atom stereocenters. The van der Waals surface area contributed by atoms with E-state index in [1.54, 1.807) is 54.4 Å². The fourth-order valence-corrected chi connectivity index (χ4v) is 4.65. The summed E-state index contributed by atoms with van der Waals surface area (Å²) in [6.07, 6.45) is 1.13. The van der Waals surface area contributed by atoms with Gasteiger partial charge in [-0.2, -0.15) is 0 Å². The number of likely N-dealkylation sites (N-methyl/N-ethyl adjacent to an activating group) is 1. The molecule has 0 aromatic heterocycles. The standard InChI is InChI=1S/C25H28ClN3O5/c1-3-27-23(30)13-16-9-10-20-22(34-16)14-33-21-11-8-15(12-18(21)25(32)29(20)2)28-24(31)17-6-4-5-7-19(17)26/h4-8,11-12,16,20,22H,3,9-10,13-14H2,1-2H3,(H,27,30)(H,28,31)/t16-,20-,22+/m0/s1. The summed E-state index contributed by atoms with van der Waals surface area (Å²) in [7, 11) is 1.75. The molecular weight excluding hydrogens is 458 g/mol. The predicted octanol–water partition coefficient (Wildman–Crippen LogP) is 3.50. The summed E-state index contributed by atoms with van der Waals surface area (Å²) < 4.78 is 12.1. The molecule has 0 unspecified atom stereocenters. The average Bonchev–Trinajstić information content (AvgIpc) is 2.82. The van der Waals surface area contributed by atoms with Gasteiger partial charge in [0.05, 0.1) is 34.7 Å². The van der Waals surface area contributed by atoms with Crippen molar-refractivity contribution in [3.8, 4) is 5.75 Å². The van der Waals surface area contributed by atoms with Gasteiger partial charge in [0.25, 0.3) is 11.8 Å². The Bertz CT molecular complexity index is 1090. The third-order valence-corrected chi connectivity index (χ3v) is 6.50. The average molecular weight is 486 g/mol. The van der Waals surface area contributed by atoms with Gasteiger partial charge in [-0.15, -0.1) is 0 Å². The van der Waals surface area contributed by atoms with E-state index in [-0.39, 0.29) is 42.6 Å².